The van der Waals surface area contributed by atoms with E-state index in [2.05, 4.69) is 9.80 Å². The lowest BCUT2D eigenvalue weighted by Crippen LogP contribution is -2.42. The molecule has 0 N–H and O–H groups in total. The molecule has 104 valence electrons. The van der Waals surface area contributed by atoms with Crippen LogP contribution in [-0.4, -0.2) is 61.6 Å². The number of likely N-dealkylation sites (tertiary alicyclic amines) is 2. The summed E-state index contributed by atoms with van der Waals surface area (Å²) in [5.74, 6) is 0.112. The van der Waals surface area contributed by atoms with Gasteiger partial charge >= 0.3 is 5.97 Å². The molecular weight excluding hydrogens is 228 g/mol. The third-order valence-electron chi connectivity index (χ3n) is 4.06. The Kier molecular flexibility index (Phi) is 5.45. The number of esters is 1. The maximum absolute atomic E-state index is 11.7. The zero-order chi connectivity index (χ0) is 12.8. The molecule has 0 unspecified atom stereocenters. The lowest BCUT2D eigenvalue weighted by molar-refractivity contribution is -0.149. The molecule has 0 spiro atoms. The predicted octanol–water partition coefficient (Wildman–Crippen LogP) is 1.36. The molecule has 2 aliphatic heterocycles. The van der Waals surface area contributed by atoms with Crippen molar-refractivity contribution in [2.75, 3.05) is 45.9 Å². The fraction of sp³-hybridized carbons (Fsp3) is 0.929. The van der Waals surface area contributed by atoms with Crippen molar-refractivity contribution < 1.29 is 9.53 Å². The molecule has 4 nitrogen and oxygen atoms in total. The molecule has 2 heterocycles. The van der Waals surface area contributed by atoms with Crippen molar-refractivity contribution in [1.29, 1.82) is 0 Å². The molecule has 0 aromatic heterocycles. The van der Waals surface area contributed by atoms with Crippen LogP contribution in [0.25, 0.3) is 0 Å². The molecule has 18 heavy (non-hydrogen) atoms. The second-order valence-corrected chi connectivity index (χ2v) is 5.44. The number of ether oxygens (including phenoxy) is 1. The molecule has 0 amide bonds. The number of hydrogen-bond acceptors (Lipinski definition) is 4. The fourth-order valence-electron chi connectivity index (χ4n) is 3.00. The van der Waals surface area contributed by atoms with Crippen LogP contribution in [0.15, 0.2) is 0 Å². The Morgan fingerprint density at radius 3 is 2.50 bits per heavy atom. The second-order valence-electron chi connectivity index (χ2n) is 5.44. The molecule has 0 saturated carbocycles. The van der Waals surface area contributed by atoms with E-state index in [1.165, 1.54) is 25.9 Å². The molecule has 2 aliphatic rings. The lowest BCUT2D eigenvalue weighted by atomic mass is 9.98. The number of piperidine rings is 1. The molecule has 2 rings (SSSR count). The summed E-state index contributed by atoms with van der Waals surface area (Å²) in [7, 11) is 0. The van der Waals surface area contributed by atoms with E-state index in [-0.39, 0.29) is 11.9 Å². The first kappa shape index (κ1) is 13.8. The number of hydrogen-bond donors (Lipinski definition) is 0. The van der Waals surface area contributed by atoms with Gasteiger partial charge < -0.3 is 14.5 Å². The van der Waals surface area contributed by atoms with Crippen LogP contribution in [0, 0.1) is 5.92 Å². The summed E-state index contributed by atoms with van der Waals surface area (Å²) in [4.78, 5) is 16.7. The predicted molar refractivity (Wildman–Crippen MR) is 71.5 cm³/mol. The van der Waals surface area contributed by atoms with Crippen LogP contribution >= 0.6 is 0 Å². The number of carbonyl (C=O) groups excluding carboxylic acids is 1. The average Bonchev–Trinajstić information content (AvgIpc) is 2.90. The highest BCUT2D eigenvalue weighted by molar-refractivity contribution is 5.72. The Bertz CT molecular complexity index is 265. The molecule has 4 heteroatoms. The summed E-state index contributed by atoms with van der Waals surface area (Å²) < 4.78 is 5.13. The molecule has 0 aromatic carbocycles. The van der Waals surface area contributed by atoms with Crippen LogP contribution in [0.3, 0.4) is 0 Å². The minimum Gasteiger partial charge on any atom is -0.466 e. The number of rotatable bonds is 5. The van der Waals surface area contributed by atoms with Crippen molar-refractivity contribution in [3.05, 3.63) is 0 Å². The van der Waals surface area contributed by atoms with E-state index in [0.717, 1.165) is 39.0 Å². The van der Waals surface area contributed by atoms with Gasteiger partial charge in [0.25, 0.3) is 0 Å². The van der Waals surface area contributed by atoms with Gasteiger partial charge in [-0.05, 0) is 52.2 Å². The fourth-order valence-corrected chi connectivity index (χ4v) is 3.00. The largest absolute Gasteiger partial charge is 0.466 e. The first-order chi connectivity index (χ1) is 8.79. The number of carbonyl (C=O) groups is 1. The summed E-state index contributed by atoms with van der Waals surface area (Å²) in [5.41, 5.74) is 0. The van der Waals surface area contributed by atoms with Crippen molar-refractivity contribution in [2.24, 2.45) is 5.92 Å². The molecule has 1 atom stereocenters. The smallest absolute Gasteiger partial charge is 0.310 e. The van der Waals surface area contributed by atoms with Gasteiger partial charge in [-0.15, -0.1) is 0 Å². The summed E-state index contributed by atoms with van der Waals surface area (Å²) in [6.07, 6.45) is 4.83. The molecule has 0 aliphatic carbocycles. The van der Waals surface area contributed by atoms with E-state index in [9.17, 15) is 4.79 Å². The lowest BCUT2D eigenvalue weighted by Gasteiger charge is -2.32. The zero-order valence-electron chi connectivity index (χ0n) is 11.6. The topological polar surface area (TPSA) is 32.8 Å². The van der Waals surface area contributed by atoms with Gasteiger partial charge in [-0.2, -0.15) is 0 Å². The van der Waals surface area contributed by atoms with Gasteiger partial charge in [0.05, 0.1) is 12.5 Å². The quantitative estimate of drug-likeness (QED) is 0.694. The normalized spacial score (nSPS) is 26.4. The highest BCUT2D eigenvalue weighted by Gasteiger charge is 2.26. The third kappa shape index (κ3) is 3.95. The van der Waals surface area contributed by atoms with E-state index in [1.54, 1.807) is 0 Å². The molecule has 2 fully saturated rings. The van der Waals surface area contributed by atoms with Crippen molar-refractivity contribution >= 4 is 5.97 Å². The van der Waals surface area contributed by atoms with Gasteiger partial charge in [-0.25, -0.2) is 0 Å². The minimum atomic E-state index is 0.00312. The third-order valence-corrected chi connectivity index (χ3v) is 4.06. The summed E-state index contributed by atoms with van der Waals surface area (Å²) in [6, 6.07) is 0. The zero-order valence-corrected chi connectivity index (χ0v) is 11.6. The Labute approximate surface area is 110 Å². The van der Waals surface area contributed by atoms with E-state index >= 15 is 0 Å². The van der Waals surface area contributed by atoms with E-state index in [0.29, 0.717) is 6.61 Å². The Morgan fingerprint density at radius 1 is 1.11 bits per heavy atom. The Balaban J connectivity index is 1.70. The van der Waals surface area contributed by atoms with E-state index < -0.39 is 0 Å². The molecule has 0 radical (unpaired) electrons. The van der Waals surface area contributed by atoms with Gasteiger partial charge in [0.2, 0.25) is 0 Å². The first-order valence-corrected chi connectivity index (χ1v) is 7.41. The van der Waals surface area contributed by atoms with Crippen LogP contribution in [0.4, 0.5) is 0 Å². The van der Waals surface area contributed by atoms with Crippen LogP contribution in [0.5, 0.6) is 0 Å². The molecular formula is C14H26N2O2. The standard InChI is InChI=1S/C14H26N2O2/c1-2-18-14(17)13-6-5-9-16(12-13)11-10-15-7-3-4-8-15/h13H,2-12H2,1H3/t13-/m0/s1. The second kappa shape index (κ2) is 7.10. The van der Waals surface area contributed by atoms with Crippen molar-refractivity contribution in [3.8, 4) is 0 Å². The van der Waals surface area contributed by atoms with Gasteiger partial charge in [-0.1, -0.05) is 0 Å². The van der Waals surface area contributed by atoms with Crippen molar-refractivity contribution in [1.82, 2.24) is 9.80 Å². The summed E-state index contributed by atoms with van der Waals surface area (Å²) in [6.45, 7) is 9.21. The van der Waals surface area contributed by atoms with Crippen LogP contribution in [0.2, 0.25) is 0 Å². The first-order valence-electron chi connectivity index (χ1n) is 7.41. The minimum absolute atomic E-state index is 0.00312. The Hall–Kier alpha value is -0.610. The SMILES string of the molecule is CCOC(=O)[C@H]1CCCN(CCN2CCCC2)C1. The van der Waals surface area contributed by atoms with Crippen molar-refractivity contribution in [2.45, 2.75) is 32.6 Å². The van der Waals surface area contributed by atoms with Crippen LogP contribution in [-0.2, 0) is 9.53 Å². The van der Waals surface area contributed by atoms with E-state index in [4.69, 9.17) is 4.74 Å². The average molecular weight is 254 g/mol. The maximum atomic E-state index is 11.7. The van der Waals surface area contributed by atoms with Crippen LogP contribution < -0.4 is 0 Å². The maximum Gasteiger partial charge on any atom is 0.310 e. The summed E-state index contributed by atoms with van der Waals surface area (Å²) in [5, 5.41) is 0. The highest BCUT2D eigenvalue weighted by Crippen LogP contribution is 2.18. The molecule has 2 saturated heterocycles. The van der Waals surface area contributed by atoms with Gasteiger partial charge in [0.1, 0.15) is 0 Å². The highest BCUT2D eigenvalue weighted by atomic mass is 16.5. The summed E-state index contributed by atoms with van der Waals surface area (Å²) >= 11 is 0. The Morgan fingerprint density at radius 2 is 1.78 bits per heavy atom. The van der Waals surface area contributed by atoms with Gasteiger partial charge in [0, 0.05) is 19.6 Å². The molecule has 0 aromatic rings. The van der Waals surface area contributed by atoms with Gasteiger partial charge in [0.15, 0.2) is 0 Å². The van der Waals surface area contributed by atoms with Crippen LogP contribution in [0.1, 0.15) is 32.6 Å². The molecule has 0 bridgehead atoms. The van der Waals surface area contributed by atoms with E-state index in [1.807, 2.05) is 6.92 Å². The number of nitrogens with zero attached hydrogens (tertiary/aromatic N) is 2. The monoisotopic (exact) mass is 254 g/mol. The van der Waals surface area contributed by atoms with Crippen molar-refractivity contribution in [3.63, 3.8) is 0 Å². The van der Waals surface area contributed by atoms with Gasteiger partial charge in [-0.3, -0.25) is 4.79 Å².